The van der Waals surface area contributed by atoms with Gasteiger partial charge in [-0.1, -0.05) is 13.3 Å². The Balaban J connectivity index is 4.34. The predicted octanol–water partition coefficient (Wildman–Crippen LogP) is 1.73. The zero-order valence-electron chi connectivity index (χ0n) is 10.7. The summed E-state index contributed by atoms with van der Waals surface area (Å²) in [4.78, 5) is 22.4. The molecule has 0 atom stereocenters. The molecule has 5 heteroatoms. The fraction of sp³-hybridized carbons (Fsp3) is 0.818. The third-order valence-electron chi connectivity index (χ3n) is 2.29. The van der Waals surface area contributed by atoms with Crippen LogP contribution in [-0.4, -0.2) is 28.2 Å². The van der Waals surface area contributed by atoms with Crippen LogP contribution in [-0.2, 0) is 4.79 Å². The van der Waals surface area contributed by atoms with Gasteiger partial charge in [0.25, 0.3) is 0 Å². The van der Waals surface area contributed by atoms with E-state index in [1.165, 1.54) is 13.8 Å². The first-order valence-electron chi connectivity index (χ1n) is 5.44. The van der Waals surface area contributed by atoms with Gasteiger partial charge in [-0.2, -0.15) is 0 Å². The molecule has 94 valence electrons. The molecule has 0 unspecified atom stereocenters. The van der Waals surface area contributed by atoms with Crippen LogP contribution in [0.2, 0.25) is 0 Å². The summed E-state index contributed by atoms with van der Waals surface area (Å²) in [5.74, 6) is -1.06. The van der Waals surface area contributed by atoms with Crippen molar-refractivity contribution in [3.05, 3.63) is 0 Å². The van der Waals surface area contributed by atoms with Crippen LogP contribution in [0.3, 0.4) is 0 Å². The first kappa shape index (κ1) is 14.7. The molecule has 0 heterocycles. The molecule has 0 aliphatic carbocycles. The average molecular weight is 230 g/mol. The van der Waals surface area contributed by atoms with Crippen molar-refractivity contribution >= 4 is 12.0 Å². The Morgan fingerprint density at radius 1 is 1.12 bits per heavy atom. The van der Waals surface area contributed by atoms with Gasteiger partial charge in [0.15, 0.2) is 0 Å². The van der Waals surface area contributed by atoms with Gasteiger partial charge < -0.3 is 15.7 Å². The average Bonchev–Trinajstić information content (AvgIpc) is 1.99. The molecule has 0 saturated carbocycles. The van der Waals surface area contributed by atoms with Crippen LogP contribution < -0.4 is 10.6 Å². The van der Waals surface area contributed by atoms with Gasteiger partial charge in [0.05, 0.1) is 0 Å². The largest absolute Gasteiger partial charge is 0.480 e. The number of carbonyl (C=O) groups excluding carboxylic acids is 1. The summed E-state index contributed by atoms with van der Waals surface area (Å²) in [6, 6.07) is -0.453. The van der Waals surface area contributed by atoms with Crippen molar-refractivity contribution in [2.24, 2.45) is 0 Å². The molecule has 0 aromatic heterocycles. The summed E-state index contributed by atoms with van der Waals surface area (Å²) in [6.45, 7) is 8.74. The van der Waals surface area contributed by atoms with Gasteiger partial charge in [-0.05, 0) is 34.1 Å². The van der Waals surface area contributed by atoms with Crippen molar-refractivity contribution < 1.29 is 14.7 Å². The Bertz CT molecular complexity index is 272. The van der Waals surface area contributed by atoms with Gasteiger partial charge in [0.2, 0.25) is 0 Å². The highest BCUT2D eigenvalue weighted by Gasteiger charge is 2.30. The number of aliphatic carboxylic acids is 1. The maximum Gasteiger partial charge on any atom is 0.328 e. The van der Waals surface area contributed by atoms with Gasteiger partial charge in [-0.15, -0.1) is 0 Å². The molecule has 0 saturated heterocycles. The molecule has 0 radical (unpaired) electrons. The summed E-state index contributed by atoms with van der Waals surface area (Å²) in [5, 5.41) is 14.0. The lowest BCUT2D eigenvalue weighted by atomic mass is 9.99. The summed E-state index contributed by atoms with van der Waals surface area (Å²) in [7, 11) is 0. The van der Waals surface area contributed by atoms with Crippen LogP contribution >= 0.6 is 0 Å². The van der Waals surface area contributed by atoms with E-state index >= 15 is 0 Å². The number of amides is 2. The predicted molar refractivity (Wildman–Crippen MR) is 62.4 cm³/mol. The fourth-order valence-electron chi connectivity index (χ4n) is 1.36. The summed E-state index contributed by atoms with van der Waals surface area (Å²) in [6.07, 6.45) is 1.80. The number of hydrogen-bond acceptors (Lipinski definition) is 2. The molecule has 2 amide bonds. The molecule has 0 aliphatic rings. The maximum absolute atomic E-state index is 11.6. The minimum absolute atomic E-state index is 0.326. The minimum atomic E-state index is -1.26. The Labute approximate surface area is 96.6 Å². The third kappa shape index (κ3) is 5.00. The highest BCUT2D eigenvalue weighted by molar-refractivity contribution is 5.85. The molecule has 5 nitrogen and oxygen atoms in total. The molecular formula is C11H22N2O3. The first-order chi connectivity index (χ1) is 7.10. The fourth-order valence-corrected chi connectivity index (χ4v) is 1.36. The van der Waals surface area contributed by atoms with Crippen LogP contribution in [0.15, 0.2) is 0 Å². The quantitative estimate of drug-likeness (QED) is 0.673. The minimum Gasteiger partial charge on any atom is -0.480 e. The molecule has 16 heavy (non-hydrogen) atoms. The normalized spacial score (nSPS) is 12.1. The number of carbonyl (C=O) groups is 2. The van der Waals surface area contributed by atoms with Crippen LogP contribution in [0.4, 0.5) is 4.79 Å². The summed E-state index contributed by atoms with van der Waals surface area (Å²) < 4.78 is 0. The Morgan fingerprint density at radius 2 is 1.62 bits per heavy atom. The SMILES string of the molecule is CCCC(C)(C)NC(=O)NC(C)(C)C(=O)O. The highest BCUT2D eigenvalue weighted by Crippen LogP contribution is 2.11. The van der Waals surface area contributed by atoms with Gasteiger partial charge >= 0.3 is 12.0 Å². The van der Waals surface area contributed by atoms with E-state index in [1.54, 1.807) is 0 Å². The Kier molecular flexibility index (Phi) is 4.78. The first-order valence-corrected chi connectivity index (χ1v) is 5.44. The van der Waals surface area contributed by atoms with E-state index in [0.29, 0.717) is 0 Å². The molecule has 0 rings (SSSR count). The number of nitrogens with one attached hydrogen (secondary N) is 2. The number of urea groups is 1. The lowest BCUT2D eigenvalue weighted by Crippen LogP contribution is -2.57. The van der Waals surface area contributed by atoms with Crippen molar-refractivity contribution in [1.82, 2.24) is 10.6 Å². The number of rotatable bonds is 5. The second-order valence-electron chi connectivity index (χ2n) is 5.14. The third-order valence-corrected chi connectivity index (χ3v) is 2.29. The number of carboxylic acids is 1. The van der Waals surface area contributed by atoms with Crippen LogP contribution in [0.5, 0.6) is 0 Å². The highest BCUT2D eigenvalue weighted by atomic mass is 16.4. The lowest BCUT2D eigenvalue weighted by molar-refractivity contribution is -0.142. The molecule has 0 bridgehead atoms. The second kappa shape index (κ2) is 5.18. The molecule has 0 aromatic carbocycles. The number of carboxylic acid groups (broad SMARTS) is 1. The standard InChI is InChI=1S/C11H22N2O3/c1-6-7-10(2,3)12-9(16)13-11(4,5)8(14)15/h6-7H2,1-5H3,(H,14,15)(H2,12,13,16). The van der Waals surface area contributed by atoms with Gasteiger partial charge in [0, 0.05) is 5.54 Å². The van der Waals surface area contributed by atoms with Crippen molar-refractivity contribution in [1.29, 1.82) is 0 Å². The van der Waals surface area contributed by atoms with E-state index in [0.717, 1.165) is 12.8 Å². The monoisotopic (exact) mass is 230 g/mol. The molecule has 3 N–H and O–H groups in total. The topological polar surface area (TPSA) is 78.4 Å². The summed E-state index contributed by atoms with van der Waals surface area (Å²) >= 11 is 0. The second-order valence-corrected chi connectivity index (χ2v) is 5.14. The van der Waals surface area contributed by atoms with Gasteiger partial charge in [0.1, 0.15) is 5.54 Å². The Hall–Kier alpha value is -1.26. The van der Waals surface area contributed by atoms with Crippen LogP contribution in [0.25, 0.3) is 0 Å². The lowest BCUT2D eigenvalue weighted by Gasteiger charge is -2.29. The van der Waals surface area contributed by atoms with Crippen molar-refractivity contribution in [2.75, 3.05) is 0 Å². The van der Waals surface area contributed by atoms with Crippen LogP contribution in [0.1, 0.15) is 47.5 Å². The van der Waals surface area contributed by atoms with E-state index in [4.69, 9.17) is 5.11 Å². The maximum atomic E-state index is 11.6. The molecule has 0 aromatic rings. The van der Waals surface area contributed by atoms with Crippen molar-refractivity contribution in [2.45, 2.75) is 58.5 Å². The molecule has 0 fully saturated rings. The van der Waals surface area contributed by atoms with E-state index < -0.39 is 17.5 Å². The van der Waals surface area contributed by atoms with E-state index in [1.807, 2.05) is 20.8 Å². The van der Waals surface area contributed by atoms with Crippen LogP contribution in [0, 0.1) is 0 Å². The smallest absolute Gasteiger partial charge is 0.328 e. The molecule has 0 spiro atoms. The summed E-state index contributed by atoms with van der Waals surface area (Å²) in [5.41, 5.74) is -1.58. The zero-order chi connectivity index (χ0) is 13.0. The molecule has 0 aliphatic heterocycles. The van der Waals surface area contributed by atoms with E-state index in [2.05, 4.69) is 10.6 Å². The zero-order valence-corrected chi connectivity index (χ0v) is 10.7. The van der Waals surface area contributed by atoms with E-state index in [-0.39, 0.29) is 5.54 Å². The van der Waals surface area contributed by atoms with Gasteiger partial charge in [-0.3, -0.25) is 0 Å². The molecular weight excluding hydrogens is 208 g/mol. The van der Waals surface area contributed by atoms with Gasteiger partial charge in [-0.25, -0.2) is 9.59 Å². The van der Waals surface area contributed by atoms with Crippen molar-refractivity contribution in [3.63, 3.8) is 0 Å². The number of hydrogen-bond donors (Lipinski definition) is 3. The van der Waals surface area contributed by atoms with Crippen molar-refractivity contribution in [3.8, 4) is 0 Å². The van der Waals surface area contributed by atoms with E-state index in [9.17, 15) is 9.59 Å². The Morgan fingerprint density at radius 3 is 2.00 bits per heavy atom.